The molecule has 1 aromatic rings. The standard InChI is InChI=1S/C14H20ClN/c1-11-3-2-4-13(11)10-16-9-12-5-7-14(15)8-6-12/h5-8,11,13,16H,2-4,9-10H2,1H3. The summed E-state index contributed by atoms with van der Waals surface area (Å²) in [4.78, 5) is 0. The molecule has 0 bridgehead atoms. The van der Waals surface area contributed by atoms with E-state index >= 15 is 0 Å². The van der Waals surface area contributed by atoms with Crippen LogP contribution in [0.4, 0.5) is 0 Å². The van der Waals surface area contributed by atoms with Crippen LogP contribution in [-0.4, -0.2) is 6.54 Å². The lowest BCUT2D eigenvalue weighted by Gasteiger charge is -2.15. The summed E-state index contributed by atoms with van der Waals surface area (Å²) in [6.45, 7) is 4.49. The van der Waals surface area contributed by atoms with Crippen LogP contribution in [-0.2, 0) is 6.54 Å². The first-order chi connectivity index (χ1) is 7.75. The van der Waals surface area contributed by atoms with Gasteiger partial charge in [0, 0.05) is 11.6 Å². The third-order valence-electron chi connectivity index (χ3n) is 3.69. The Labute approximate surface area is 103 Å². The van der Waals surface area contributed by atoms with Crippen molar-refractivity contribution in [2.24, 2.45) is 11.8 Å². The van der Waals surface area contributed by atoms with Crippen molar-refractivity contribution in [3.8, 4) is 0 Å². The van der Waals surface area contributed by atoms with Gasteiger partial charge in [-0.05, 0) is 42.5 Å². The third kappa shape index (κ3) is 3.23. The van der Waals surface area contributed by atoms with Gasteiger partial charge in [0.2, 0.25) is 0 Å². The Morgan fingerprint density at radius 2 is 2.00 bits per heavy atom. The largest absolute Gasteiger partial charge is 0.312 e. The van der Waals surface area contributed by atoms with E-state index in [-0.39, 0.29) is 0 Å². The summed E-state index contributed by atoms with van der Waals surface area (Å²) < 4.78 is 0. The lowest BCUT2D eigenvalue weighted by molar-refractivity contribution is 0.392. The highest BCUT2D eigenvalue weighted by Crippen LogP contribution is 2.30. The molecular weight excluding hydrogens is 218 g/mol. The number of hydrogen-bond acceptors (Lipinski definition) is 1. The van der Waals surface area contributed by atoms with Crippen molar-refractivity contribution >= 4 is 11.6 Å². The summed E-state index contributed by atoms with van der Waals surface area (Å²) in [6.07, 6.45) is 4.22. The highest BCUT2D eigenvalue weighted by Gasteiger charge is 2.22. The quantitative estimate of drug-likeness (QED) is 0.839. The zero-order chi connectivity index (χ0) is 11.4. The molecule has 0 heterocycles. The van der Waals surface area contributed by atoms with Gasteiger partial charge in [0.1, 0.15) is 0 Å². The fraction of sp³-hybridized carbons (Fsp3) is 0.571. The van der Waals surface area contributed by atoms with Crippen LogP contribution in [0.3, 0.4) is 0 Å². The van der Waals surface area contributed by atoms with Crippen LogP contribution in [0, 0.1) is 11.8 Å². The molecule has 1 fully saturated rings. The van der Waals surface area contributed by atoms with Crippen LogP contribution < -0.4 is 5.32 Å². The summed E-state index contributed by atoms with van der Waals surface area (Å²) in [6, 6.07) is 8.09. The normalized spacial score (nSPS) is 24.9. The average molecular weight is 238 g/mol. The minimum Gasteiger partial charge on any atom is -0.312 e. The van der Waals surface area contributed by atoms with Crippen molar-refractivity contribution in [2.75, 3.05) is 6.54 Å². The van der Waals surface area contributed by atoms with Crippen molar-refractivity contribution in [2.45, 2.75) is 32.7 Å². The van der Waals surface area contributed by atoms with Gasteiger partial charge >= 0.3 is 0 Å². The maximum absolute atomic E-state index is 5.85. The molecule has 2 atom stereocenters. The maximum atomic E-state index is 5.85. The second-order valence-corrected chi connectivity index (χ2v) is 5.36. The molecule has 1 aromatic carbocycles. The molecule has 1 nitrogen and oxygen atoms in total. The molecule has 16 heavy (non-hydrogen) atoms. The molecule has 88 valence electrons. The molecule has 0 amide bonds. The van der Waals surface area contributed by atoms with E-state index in [1.165, 1.54) is 24.8 Å². The Kier molecular flexibility index (Phi) is 4.25. The van der Waals surface area contributed by atoms with Crippen molar-refractivity contribution < 1.29 is 0 Å². The lowest BCUT2D eigenvalue weighted by Crippen LogP contribution is -2.23. The number of nitrogens with one attached hydrogen (secondary N) is 1. The smallest absolute Gasteiger partial charge is 0.0406 e. The topological polar surface area (TPSA) is 12.0 Å². The van der Waals surface area contributed by atoms with E-state index < -0.39 is 0 Å². The molecule has 2 rings (SSSR count). The fourth-order valence-corrected chi connectivity index (χ4v) is 2.66. The number of rotatable bonds is 4. The van der Waals surface area contributed by atoms with Gasteiger partial charge in [0.25, 0.3) is 0 Å². The highest BCUT2D eigenvalue weighted by molar-refractivity contribution is 6.30. The van der Waals surface area contributed by atoms with Crippen molar-refractivity contribution in [1.29, 1.82) is 0 Å². The second-order valence-electron chi connectivity index (χ2n) is 4.93. The third-order valence-corrected chi connectivity index (χ3v) is 3.94. The molecule has 1 aliphatic carbocycles. The molecule has 1 aliphatic rings. The Morgan fingerprint density at radius 3 is 2.62 bits per heavy atom. The summed E-state index contributed by atoms with van der Waals surface area (Å²) in [7, 11) is 0. The van der Waals surface area contributed by atoms with Crippen LogP contribution in [0.15, 0.2) is 24.3 Å². The van der Waals surface area contributed by atoms with Crippen molar-refractivity contribution in [1.82, 2.24) is 5.32 Å². The van der Waals surface area contributed by atoms with Gasteiger partial charge in [-0.15, -0.1) is 0 Å². The predicted molar refractivity (Wildman–Crippen MR) is 69.7 cm³/mol. The van der Waals surface area contributed by atoms with E-state index in [4.69, 9.17) is 11.6 Å². The zero-order valence-electron chi connectivity index (χ0n) is 9.88. The molecule has 1 saturated carbocycles. The highest BCUT2D eigenvalue weighted by atomic mass is 35.5. The minimum atomic E-state index is 0.813. The molecule has 1 N–H and O–H groups in total. The van der Waals surface area contributed by atoms with Gasteiger partial charge < -0.3 is 5.32 Å². The molecule has 0 saturated heterocycles. The first-order valence-corrected chi connectivity index (χ1v) is 6.58. The van der Waals surface area contributed by atoms with E-state index in [0.29, 0.717) is 0 Å². The summed E-state index contributed by atoms with van der Waals surface area (Å²) in [5.74, 6) is 1.78. The van der Waals surface area contributed by atoms with E-state index in [1.54, 1.807) is 0 Å². The molecule has 0 radical (unpaired) electrons. The van der Waals surface area contributed by atoms with Gasteiger partial charge in [0.15, 0.2) is 0 Å². The molecular formula is C14H20ClN. The molecule has 2 heteroatoms. The van der Waals surface area contributed by atoms with Crippen LogP contribution in [0.2, 0.25) is 5.02 Å². The van der Waals surface area contributed by atoms with Gasteiger partial charge in [-0.3, -0.25) is 0 Å². The summed E-state index contributed by atoms with van der Waals surface area (Å²) in [5, 5.41) is 4.36. The number of halogens is 1. The Balaban J connectivity index is 1.73. The van der Waals surface area contributed by atoms with Crippen LogP contribution in [0.1, 0.15) is 31.7 Å². The SMILES string of the molecule is CC1CCCC1CNCc1ccc(Cl)cc1. The van der Waals surface area contributed by atoms with Crippen LogP contribution >= 0.6 is 11.6 Å². The fourth-order valence-electron chi connectivity index (χ4n) is 2.53. The van der Waals surface area contributed by atoms with Crippen molar-refractivity contribution in [3.63, 3.8) is 0 Å². The van der Waals surface area contributed by atoms with E-state index in [0.717, 1.165) is 29.9 Å². The second kappa shape index (κ2) is 5.70. The van der Waals surface area contributed by atoms with Gasteiger partial charge in [-0.1, -0.05) is 43.5 Å². The number of benzene rings is 1. The van der Waals surface area contributed by atoms with Crippen molar-refractivity contribution in [3.05, 3.63) is 34.9 Å². The average Bonchev–Trinajstić information content (AvgIpc) is 2.68. The first kappa shape index (κ1) is 11.9. The van der Waals surface area contributed by atoms with Gasteiger partial charge in [-0.2, -0.15) is 0 Å². The zero-order valence-corrected chi connectivity index (χ0v) is 10.6. The Bertz CT molecular complexity index is 320. The summed E-state index contributed by atoms with van der Waals surface area (Å²) >= 11 is 5.85. The maximum Gasteiger partial charge on any atom is 0.0406 e. The van der Waals surface area contributed by atoms with E-state index in [1.807, 2.05) is 12.1 Å². The minimum absolute atomic E-state index is 0.813. The lowest BCUT2D eigenvalue weighted by atomic mass is 9.98. The molecule has 0 aromatic heterocycles. The first-order valence-electron chi connectivity index (χ1n) is 6.21. The Hall–Kier alpha value is -0.530. The molecule has 2 unspecified atom stereocenters. The molecule has 0 spiro atoms. The predicted octanol–water partition coefficient (Wildman–Crippen LogP) is 3.87. The summed E-state index contributed by atoms with van der Waals surface area (Å²) in [5.41, 5.74) is 1.31. The van der Waals surface area contributed by atoms with E-state index in [2.05, 4.69) is 24.4 Å². The monoisotopic (exact) mass is 237 g/mol. The molecule has 0 aliphatic heterocycles. The van der Waals surface area contributed by atoms with E-state index in [9.17, 15) is 0 Å². The Morgan fingerprint density at radius 1 is 1.25 bits per heavy atom. The number of hydrogen-bond donors (Lipinski definition) is 1. The van der Waals surface area contributed by atoms with Gasteiger partial charge in [-0.25, -0.2) is 0 Å². The van der Waals surface area contributed by atoms with Crippen LogP contribution in [0.25, 0.3) is 0 Å². The van der Waals surface area contributed by atoms with Crippen LogP contribution in [0.5, 0.6) is 0 Å². The van der Waals surface area contributed by atoms with Gasteiger partial charge in [0.05, 0.1) is 0 Å².